The van der Waals surface area contributed by atoms with Gasteiger partial charge in [-0.3, -0.25) is 0 Å². The van der Waals surface area contributed by atoms with Crippen molar-refractivity contribution in [2.45, 2.75) is 13.3 Å². The van der Waals surface area contributed by atoms with Crippen LogP contribution in [0.25, 0.3) is 11.6 Å². The summed E-state index contributed by atoms with van der Waals surface area (Å²) in [7, 11) is 0. The Kier molecular flexibility index (Phi) is 4.06. The van der Waals surface area contributed by atoms with Crippen molar-refractivity contribution in [2.24, 2.45) is 0 Å². The fourth-order valence-corrected chi connectivity index (χ4v) is 1.95. The van der Waals surface area contributed by atoms with Crippen LogP contribution in [-0.4, -0.2) is 5.11 Å². The van der Waals surface area contributed by atoms with Crippen LogP contribution in [-0.2, 0) is 0 Å². The van der Waals surface area contributed by atoms with E-state index in [9.17, 15) is 5.11 Å². The molecule has 0 heterocycles. The second-order valence-electron chi connectivity index (χ2n) is 4.12. The predicted octanol–water partition coefficient (Wildman–Crippen LogP) is 5.00. The third-order valence-electron chi connectivity index (χ3n) is 2.83. The third-order valence-corrected chi connectivity index (χ3v) is 3.08. The molecule has 0 aliphatic rings. The molecule has 2 rings (SSSR count). The highest BCUT2D eigenvalue weighted by Crippen LogP contribution is 2.23. The highest BCUT2D eigenvalue weighted by Gasteiger charge is 2.00. The van der Waals surface area contributed by atoms with E-state index in [1.54, 1.807) is 12.1 Å². The number of phenolic OH excluding ortho intramolecular Hbond substituents is 1. The van der Waals surface area contributed by atoms with E-state index in [0.717, 1.165) is 17.0 Å². The van der Waals surface area contributed by atoms with E-state index >= 15 is 0 Å². The Bertz CT molecular complexity index is 538. The summed E-state index contributed by atoms with van der Waals surface area (Å²) < 4.78 is 0. The minimum atomic E-state index is 0.289. The van der Waals surface area contributed by atoms with E-state index in [1.807, 2.05) is 36.4 Å². The minimum absolute atomic E-state index is 0.289. The number of benzene rings is 2. The van der Waals surface area contributed by atoms with Gasteiger partial charge in [0.05, 0.1) is 0 Å². The van der Waals surface area contributed by atoms with Crippen LogP contribution in [0.5, 0.6) is 5.75 Å². The molecule has 0 amide bonds. The summed E-state index contributed by atoms with van der Waals surface area (Å²) in [4.78, 5) is 0. The Labute approximate surface area is 112 Å². The zero-order chi connectivity index (χ0) is 13.0. The molecule has 2 heteroatoms. The van der Waals surface area contributed by atoms with Gasteiger partial charge < -0.3 is 5.11 Å². The normalized spacial score (nSPS) is 11.6. The summed E-state index contributed by atoms with van der Waals surface area (Å²) in [6.07, 6.45) is 3.07. The third kappa shape index (κ3) is 3.14. The Morgan fingerprint density at radius 1 is 1.06 bits per heavy atom. The standard InChI is InChI=1S/C16H15ClO/c1-2-13(14-5-7-15(17)8-6-14)11-12-3-9-16(18)10-4-12/h3-11,18H,2H2,1H3. The molecule has 0 spiro atoms. The lowest BCUT2D eigenvalue weighted by molar-refractivity contribution is 0.475. The molecule has 0 fully saturated rings. The first-order valence-corrected chi connectivity index (χ1v) is 6.32. The Hall–Kier alpha value is -1.73. The fourth-order valence-electron chi connectivity index (χ4n) is 1.83. The van der Waals surface area contributed by atoms with Crippen molar-refractivity contribution in [1.29, 1.82) is 0 Å². The van der Waals surface area contributed by atoms with Gasteiger partial charge in [0, 0.05) is 5.02 Å². The lowest BCUT2D eigenvalue weighted by atomic mass is 10.0. The van der Waals surface area contributed by atoms with Crippen molar-refractivity contribution in [3.05, 3.63) is 64.7 Å². The Morgan fingerprint density at radius 3 is 2.22 bits per heavy atom. The van der Waals surface area contributed by atoms with E-state index in [1.165, 1.54) is 11.1 Å². The second kappa shape index (κ2) is 5.74. The van der Waals surface area contributed by atoms with Crippen LogP contribution < -0.4 is 0 Å². The van der Waals surface area contributed by atoms with Crippen molar-refractivity contribution in [2.75, 3.05) is 0 Å². The van der Waals surface area contributed by atoms with Crippen molar-refractivity contribution >= 4 is 23.3 Å². The maximum Gasteiger partial charge on any atom is 0.115 e. The summed E-state index contributed by atoms with van der Waals surface area (Å²) in [6, 6.07) is 15.0. The monoisotopic (exact) mass is 258 g/mol. The molecule has 0 saturated carbocycles. The van der Waals surface area contributed by atoms with Crippen LogP contribution >= 0.6 is 11.6 Å². The average Bonchev–Trinajstić information content (AvgIpc) is 2.39. The molecule has 0 unspecified atom stereocenters. The fraction of sp³-hybridized carbons (Fsp3) is 0.125. The van der Waals surface area contributed by atoms with Crippen LogP contribution in [0, 0.1) is 0 Å². The number of aromatic hydroxyl groups is 1. The van der Waals surface area contributed by atoms with Crippen LogP contribution in [0.4, 0.5) is 0 Å². The molecule has 0 radical (unpaired) electrons. The summed E-state index contributed by atoms with van der Waals surface area (Å²) in [6.45, 7) is 2.13. The molecule has 0 saturated heterocycles. The number of allylic oxidation sites excluding steroid dienone is 1. The van der Waals surface area contributed by atoms with Gasteiger partial charge in [-0.25, -0.2) is 0 Å². The van der Waals surface area contributed by atoms with E-state index < -0.39 is 0 Å². The molecule has 1 nitrogen and oxygen atoms in total. The molecule has 2 aromatic rings. The quantitative estimate of drug-likeness (QED) is 0.769. The maximum absolute atomic E-state index is 9.26. The van der Waals surface area contributed by atoms with Gasteiger partial charge >= 0.3 is 0 Å². The summed E-state index contributed by atoms with van der Waals surface area (Å²) in [5.74, 6) is 0.289. The first-order valence-electron chi connectivity index (χ1n) is 5.94. The zero-order valence-electron chi connectivity index (χ0n) is 10.2. The SMILES string of the molecule is CCC(=Cc1ccc(O)cc1)c1ccc(Cl)cc1. The number of hydrogen-bond acceptors (Lipinski definition) is 1. The average molecular weight is 259 g/mol. The topological polar surface area (TPSA) is 20.2 Å². The molecule has 18 heavy (non-hydrogen) atoms. The van der Waals surface area contributed by atoms with Gasteiger partial charge in [-0.05, 0) is 47.4 Å². The van der Waals surface area contributed by atoms with Crippen LogP contribution in [0.1, 0.15) is 24.5 Å². The van der Waals surface area contributed by atoms with E-state index in [2.05, 4.69) is 13.0 Å². The first-order chi connectivity index (χ1) is 8.69. The van der Waals surface area contributed by atoms with Crippen LogP contribution in [0.15, 0.2) is 48.5 Å². The molecule has 0 bridgehead atoms. The van der Waals surface area contributed by atoms with Gasteiger partial charge in [0.15, 0.2) is 0 Å². The number of halogens is 1. The molecular formula is C16H15ClO. The van der Waals surface area contributed by atoms with Crippen LogP contribution in [0.3, 0.4) is 0 Å². The molecule has 92 valence electrons. The maximum atomic E-state index is 9.26. The number of phenols is 1. The molecule has 0 atom stereocenters. The summed E-state index contributed by atoms with van der Waals surface area (Å²) >= 11 is 5.89. The molecular weight excluding hydrogens is 244 g/mol. The van der Waals surface area contributed by atoms with Crippen LogP contribution in [0.2, 0.25) is 5.02 Å². The lowest BCUT2D eigenvalue weighted by Crippen LogP contribution is -1.83. The summed E-state index contributed by atoms with van der Waals surface area (Å²) in [5.41, 5.74) is 3.51. The van der Waals surface area contributed by atoms with Crippen molar-refractivity contribution < 1.29 is 5.11 Å². The molecule has 0 aliphatic heterocycles. The van der Waals surface area contributed by atoms with E-state index in [-0.39, 0.29) is 5.75 Å². The van der Waals surface area contributed by atoms with Gasteiger partial charge in [0.25, 0.3) is 0 Å². The van der Waals surface area contributed by atoms with Gasteiger partial charge in [0.2, 0.25) is 0 Å². The van der Waals surface area contributed by atoms with Crippen molar-refractivity contribution in [1.82, 2.24) is 0 Å². The second-order valence-corrected chi connectivity index (χ2v) is 4.56. The van der Waals surface area contributed by atoms with Crippen molar-refractivity contribution in [3.63, 3.8) is 0 Å². The Balaban J connectivity index is 2.33. The van der Waals surface area contributed by atoms with Crippen molar-refractivity contribution in [3.8, 4) is 5.75 Å². The Morgan fingerprint density at radius 2 is 1.67 bits per heavy atom. The highest BCUT2D eigenvalue weighted by molar-refractivity contribution is 6.30. The number of rotatable bonds is 3. The molecule has 0 aromatic heterocycles. The first kappa shape index (κ1) is 12.7. The largest absolute Gasteiger partial charge is 0.508 e. The van der Waals surface area contributed by atoms with Gasteiger partial charge in [-0.2, -0.15) is 0 Å². The van der Waals surface area contributed by atoms with E-state index in [0.29, 0.717) is 0 Å². The lowest BCUT2D eigenvalue weighted by Gasteiger charge is -2.06. The minimum Gasteiger partial charge on any atom is -0.508 e. The van der Waals surface area contributed by atoms with E-state index in [4.69, 9.17) is 11.6 Å². The van der Waals surface area contributed by atoms with Gasteiger partial charge in [-0.1, -0.05) is 48.9 Å². The highest BCUT2D eigenvalue weighted by atomic mass is 35.5. The summed E-state index contributed by atoms with van der Waals surface area (Å²) in [5, 5.41) is 10.0. The number of hydrogen-bond donors (Lipinski definition) is 1. The van der Waals surface area contributed by atoms with Gasteiger partial charge in [-0.15, -0.1) is 0 Å². The molecule has 2 aromatic carbocycles. The zero-order valence-corrected chi connectivity index (χ0v) is 11.0. The molecule has 0 aliphatic carbocycles. The predicted molar refractivity (Wildman–Crippen MR) is 77.7 cm³/mol. The smallest absolute Gasteiger partial charge is 0.115 e. The molecule has 1 N–H and O–H groups in total. The van der Waals surface area contributed by atoms with Gasteiger partial charge in [0.1, 0.15) is 5.75 Å².